The van der Waals surface area contributed by atoms with E-state index in [0.29, 0.717) is 0 Å². The van der Waals surface area contributed by atoms with Crippen molar-refractivity contribution in [2.24, 2.45) is 4.99 Å². The maximum Gasteiger partial charge on any atom is 0.261 e. The lowest BCUT2D eigenvalue weighted by atomic mass is 10.1. The van der Waals surface area contributed by atoms with Crippen LogP contribution in [0.2, 0.25) is 0 Å². The Kier molecular flexibility index (Phi) is 10.6. The van der Waals surface area contributed by atoms with Crippen LogP contribution in [0, 0.1) is 0 Å². The molecule has 0 saturated heterocycles. The number of hydrogen-bond acceptors (Lipinski definition) is 4. The van der Waals surface area contributed by atoms with E-state index in [1.165, 1.54) is 38.5 Å². The third-order valence-corrected chi connectivity index (χ3v) is 5.12. The molecule has 0 aliphatic carbocycles. The van der Waals surface area contributed by atoms with Crippen molar-refractivity contribution >= 4 is 32.5 Å². The molecule has 0 aromatic heterocycles. The lowest BCUT2D eigenvalue weighted by molar-refractivity contribution is 0.417. The first-order valence-corrected chi connectivity index (χ1v) is 9.66. The molecule has 0 N–H and O–H groups in total. The van der Waals surface area contributed by atoms with E-state index in [1.54, 1.807) is 17.9 Å². The number of para-hydroxylation sites is 1. The lowest BCUT2D eigenvalue weighted by Gasteiger charge is -2.04. The van der Waals surface area contributed by atoms with Crippen LogP contribution >= 0.6 is 21.6 Å². The Labute approximate surface area is 131 Å². The van der Waals surface area contributed by atoms with Crippen molar-refractivity contribution in [3.63, 3.8) is 0 Å². The minimum Gasteiger partial charge on any atom is -0.476 e. The SMILES string of the molecule is CCCCCCCCSSC(=Nc1ccccc1)OC. The molecule has 1 rings (SSSR count). The molecule has 0 spiro atoms. The van der Waals surface area contributed by atoms with Crippen LogP contribution in [-0.4, -0.2) is 18.1 Å². The van der Waals surface area contributed by atoms with Gasteiger partial charge in [0.1, 0.15) is 0 Å². The highest BCUT2D eigenvalue weighted by molar-refractivity contribution is 8.82. The van der Waals surface area contributed by atoms with E-state index in [1.807, 2.05) is 41.1 Å². The fourth-order valence-electron chi connectivity index (χ4n) is 1.74. The second-order valence-corrected chi connectivity index (χ2v) is 6.96. The predicted molar refractivity (Wildman–Crippen MR) is 94.0 cm³/mol. The third kappa shape index (κ3) is 8.54. The molecule has 0 aliphatic rings. The van der Waals surface area contributed by atoms with Gasteiger partial charge in [-0.15, -0.1) is 0 Å². The Morgan fingerprint density at radius 3 is 2.45 bits per heavy atom. The van der Waals surface area contributed by atoms with Crippen LogP contribution in [0.5, 0.6) is 0 Å². The molecule has 0 saturated carbocycles. The Balaban J connectivity index is 2.14. The summed E-state index contributed by atoms with van der Waals surface area (Å²) in [5.41, 5.74) is 0.942. The van der Waals surface area contributed by atoms with Crippen molar-refractivity contribution in [1.82, 2.24) is 0 Å². The lowest BCUT2D eigenvalue weighted by Crippen LogP contribution is -1.92. The zero-order chi connectivity index (χ0) is 14.5. The first-order valence-electron chi connectivity index (χ1n) is 7.34. The molecule has 112 valence electrons. The van der Waals surface area contributed by atoms with Crippen molar-refractivity contribution in [3.8, 4) is 0 Å². The van der Waals surface area contributed by atoms with Gasteiger partial charge in [-0.3, -0.25) is 0 Å². The third-order valence-electron chi connectivity index (χ3n) is 2.86. The van der Waals surface area contributed by atoms with Gasteiger partial charge in [-0.05, 0) is 18.6 Å². The summed E-state index contributed by atoms with van der Waals surface area (Å²) in [6, 6.07) is 9.93. The van der Waals surface area contributed by atoms with Crippen LogP contribution in [0.15, 0.2) is 35.3 Å². The summed E-state index contributed by atoms with van der Waals surface area (Å²) < 4.78 is 5.31. The first-order chi connectivity index (χ1) is 9.86. The number of aliphatic imine (C=N–C) groups is 1. The normalized spacial score (nSPS) is 11.6. The summed E-state index contributed by atoms with van der Waals surface area (Å²) in [4.78, 5) is 4.47. The van der Waals surface area contributed by atoms with Crippen molar-refractivity contribution in [2.45, 2.75) is 45.4 Å². The molecule has 0 radical (unpaired) electrons. The Bertz CT molecular complexity index is 368. The highest BCUT2D eigenvalue weighted by Gasteiger charge is 2.01. The highest BCUT2D eigenvalue weighted by Crippen LogP contribution is 2.27. The summed E-state index contributed by atoms with van der Waals surface area (Å²) >= 11 is 0. The number of ether oxygens (including phenoxy) is 1. The van der Waals surface area contributed by atoms with E-state index < -0.39 is 0 Å². The van der Waals surface area contributed by atoms with Crippen molar-refractivity contribution in [1.29, 1.82) is 0 Å². The van der Waals surface area contributed by atoms with Crippen LogP contribution in [0.4, 0.5) is 5.69 Å². The predicted octanol–water partition coefficient (Wildman–Crippen LogP) is 6.06. The number of nitrogens with zero attached hydrogens (tertiary/aromatic N) is 1. The molecule has 1 aromatic carbocycles. The Morgan fingerprint density at radius 1 is 1.05 bits per heavy atom. The Hall–Kier alpha value is -0.610. The van der Waals surface area contributed by atoms with Gasteiger partial charge in [0.15, 0.2) is 0 Å². The van der Waals surface area contributed by atoms with Gasteiger partial charge in [-0.2, -0.15) is 0 Å². The molecule has 0 fully saturated rings. The standard InChI is InChI=1S/C16H25NOS2/c1-3-4-5-6-7-11-14-19-20-16(18-2)17-15-12-9-8-10-13-15/h8-10,12-13H,3-7,11,14H2,1-2H3. The van der Waals surface area contributed by atoms with Gasteiger partial charge >= 0.3 is 0 Å². The second-order valence-electron chi connectivity index (χ2n) is 4.59. The molecule has 0 heterocycles. The average molecular weight is 312 g/mol. The maximum absolute atomic E-state index is 5.31. The minimum absolute atomic E-state index is 0.729. The fourth-order valence-corrected chi connectivity index (χ4v) is 3.68. The molecule has 0 unspecified atom stereocenters. The molecule has 0 aliphatic heterocycles. The molecule has 0 bridgehead atoms. The molecule has 0 atom stereocenters. The fraction of sp³-hybridized carbons (Fsp3) is 0.562. The summed E-state index contributed by atoms with van der Waals surface area (Å²) in [5, 5.41) is 0.729. The van der Waals surface area contributed by atoms with Crippen LogP contribution in [-0.2, 0) is 4.74 Å². The smallest absolute Gasteiger partial charge is 0.261 e. The monoisotopic (exact) mass is 311 g/mol. The zero-order valence-corrected chi connectivity index (χ0v) is 14.1. The Morgan fingerprint density at radius 2 is 1.75 bits per heavy atom. The van der Waals surface area contributed by atoms with E-state index in [0.717, 1.165) is 16.7 Å². The van der Waals surface area contributed by atoms with Crippen LogP contribution in [0.3, 0.4) is 0 Å². The zero-order valence-electron chi connectivity index (χ0n) is 12.5. The van der Waals surface area contributed by atoms with Gasteiger partial charge in [0.25, 0.3) is 5.23 Å². The summed E-state index contributed by atoms with van der Waals surface area (Å²) in [7, 11) is 5.14. The van der Waals surface area contributed by atoms with Crippen molar-refractivity contribution < 1.29 is 4.74 Å². The number of methoxy groups -OCH3 is 1. The minimum atomic E-state index is 0.729. The van der Waals surface area contributed by atoms with E-state index >= 15 is 0 Å². The van der Waals surface area contributed by atoms with Gasteiger partial charge in [0, 0.05) is 16.5 Å². The van der Waals surface area contributed by atoms with Gasteiger partial charge in [-0.1, -0.05) is 68.0 Å². The molecule has 20 heavy (non-hydrogen) atoms. The average Bonchev–Trinajstić information content (AvgIpc) is 2.49. The van der Waals surface area contributed by atoms with Crippen molar-refractivity contribution in [2.75, 3.05) is 12.9 Å². The topological polar surface area (TPSA) is 21.6 Å². The molecule has 0 amide bonds. The molecule has 4 heteroatoms. The molecule has 2 nitrogen and oxygen atoms in total. The molecule has 1 aromatic rings. The molecular formula is C16H25NOS2. The van der Waals surface area contributed by atoms with Crippen LogP contribution < -0.4 is 0 Å². The number of benzene rings is 1. The summed E-state index contributed by atoms with van der Waals surface area (Å²) in [5.74, 6) is 1.16. The number of hydrogen-bond donors (Lipinski definition) is 0. The van der Waals surface area contributed by atoms with Gasteiger partial charge in [0.05, 0.1) is 12.8 Å². The van der Waals surface area contributed by atoms with Crippen LogP contribution in [0.25, 0.3) is 0 Å². The largest absolute Gasteiger partial charge is 0.476 e. The van der Waals surface area contributed by atoms with E-state index in [-0.39, 0.29) is 0 Å². The van der Waals surface area contributed by atoms with E-state index in [9.17, 15) is 0 Å². The quantitative estimate of drug-likeness (QED) is 0.239. The summed E-state index contributed by atoms with van der Waals surface area (Å²) in [6.45, 7) is 2.25. The number of rotatable bonds is 9. The van der Waals surface area contributed by atoms with Gasteiger partial charge in [0.2, 0.25) is 0 Å². The van der Waals surface area contributed by atoms with Crippen molar-refractivity contribution in [3.05, 3.63) is 30.3 Å². The first kappa shape index (κ1) is 17.4. The highest BCUT2D eigenvalue weighted by atomic mass is 33.1. The second kappa shape index (κ2) is 12.2. The number of unbranched alkanes of at least 4 members (excludes halogenated alkanes) is 5. The maximum atomic E-state index is 5.31. The summed E-state index contributed by atoms with van der Waals surface area (Å²) in [6.07, 6.45) is 8.06. The van der Waals surface area contributed by atoms with Crippen LogP contribution in [0.1, 0.15) is 45.4 Å². The molecular weight excluding hydrogens is 286 g/mol. The van der Waals surface area contributed by atoms with Gasteiger partial charge < -0.3 is 4.74 Å². The van der Waals surface area contributed by atoms with E-state index in [2.05, 4.69) is 11.9 Å². The van der Waals surface area contributed by atoms with E-state index in [4.69, 9.17) is 4.74 Å². The van der Waals surface area contributed by atoms with Gasteiger partial charge in [-0.25, -0.2) is 4.99 Å².